The van der Waals surface area contributed by atoms with Crippen molar-refractivity contribution in [2.24, 2.45) is 10.8 Å². The van der Waals surface area contributed by atoms with Crippen molar-refractivity contribution in [2.45, 2.75) is 62.7 Å². The van der Waals surface area contributed by atoms with E-state index in [0.717, 1.165) is 32.1 Å². The highest BCUT2D eigenvalue weighted by Gasteiger charge is 2.84. The molecule has 4 aliphatic rings. The fourth-order valence-corrected chi connectivity index (χ4v) is 5.01. The van der Waals surface area contributed by atoms with Gasteiger partial charge in [0.2, 0.25) is 5.91 Å². The van der Waals surface area contributed by atoms with Gasteiger partial charge in [0.05, 0.1) is 5.54 Å². The molecule has 2 saturated carbocycles. The molecule has 4 N–H and O–H groups in total. The van der Waals surface area contributed by atoms with Gasteiger partial charge in [0.1, 0.15) is 0 Å². The van der Waals surface area contributed by atoms with E-state index in [1.54, 1.807) is 4.90 Å². The van der Waals surface area contributed by atoms with Gasteiger partial charge >= 0.3 is 0 Å². The molecule has 2 aliphatic carbocycles. The van der Waals surface area contributed by atoms with Gasteiger partial charge in [0, 0.05) is 12.0 Å². The molecule has 4 fully saturated rings. The maximum absolute atomic E-state index is 10.5. The summed E-state index contributed by atoms with van der Waals surface area (Å²) >= 11 is 0. The van der Waals surface area contributed by atoms with Crippen LogP contribution >= 0.6 is 0 Å². The molecule has 0 radical (unpaired) electrons. The first-order chi connectivity index (χ1) is 8.21. The van der Waals surface area contributed by atoms with E-state index < -0.39 is 22.7 Å². The number of hydrogen-bond acceptors (Lipinski definition) is 5. The molecule has 102 valence electrons. The van der Waals surface area contributed by atoms with Crippen LogP contribution in [0.4, 0.5) is 0 Å². The summed E-state index contributed by atoms with van der Waals surface area (Å²) in [5.41, 5.74) is -1.52. The minimum absolute atomic E-state index is 0.117. The summed E-state index contributed by atoms with van der Waals surface area (Å²) in [5.74, 6) is -3.76. The Morgan fingerprint density at radius 1 is 0.944 bits per heavy atom. The molecule has 0 bridgehead atoms. The summed E-state index contributed by atoms with van der Waals surface area (Å²) in [4.78, 5) is 1.60. The number of rotatable bonds is 1. The lowest BCUT2D eigenvalue weighted by atomic mass is 9.72. The first-order valence-corrected chi connectivity index (χ1v) is 6.88. The lowest BCUT2D eigenvalue weighted by Crippen LogP contribution is -2.65. The largest absolute Gasteiger partial charge is 0.364 e. The van der Waals surface area contributed by atoms with Crippen molar-refractivity contribution >= 4 is 0 Å². The molecule has 5 heteroatoms. The van der Waals surface area contributed by atoms with E-state index in [2.05, 4.69) is 0 Å². The van der Waals surface area contributed by atoms with E-state index in [-0.39, 0.29) is 5.41 Å². The number of hydrogen-bond donors (Lipinski definition) is 4. The van der Waals surface area contributed by atoms with Crippen LogP contribution in [0.3, 0.4) is 0 Å². The Morgan fingerprint density at radius 2 is 1.50 bits per heavy atom. The van der Waals surface area contributed by atoms with Gasteiger partial charge in [-0.15, -0.1) is 0 Å². The molecule has 0 amide bonds. The van der Waals surface area contributed by atoms with Crippen LogP contribution < -0.4 is 0 Å². The molecule has 4 rings (SSSR count). The summed E-state index contributed by atoms with van der Waals surface area (Å²) in [6.45, 7) is 1.95. The van der Waals surface area contributed by atoms with Crippen LogP contribution in [0.15, 0.2) is 0 Å². The summed E-state index contributed by atoms with van der Waals surface area (Å²) in [7, 11) is 0. The molecule has 18 heavy (non-hydrogen) atoms. The van der Waals surface area contributed by atoms with Crippen molar-refractivity contribution in [1.82, 2.24) is 4.90 Å². The Balaban J connectivity index is 1.90. The van der Waals surface area contributed by atoms with Crippen LogP contribution in [-0.4, -0.2) is 49.1 Å². The van der Waals surface area contributed by atoms with Gasteiger partial charge in [0.15, 0.2) is 5.79 Å². The van der Waals surface area contributed by atoms with Crippen LogP contribution in [0.25, 0.3) is 0 Å². The molecule has 2 spiro atoms. The van der Waals surface area contributed by atoms with Gasteiger partial charge in [-0.05, 0) is 50.9 Å². The van der Waals surface area contributed by atoms with Crippen LogP contribution in [0, 0.1) is 10.8 Å². The maximum Gasteiger partial charge on any atom is 0.231 e. The Hall–Kier alpha value is -0.200. The van der Waals surface area contributed by atoms with Crippen molar-refractivity contribution < 1.29 is 20.4 Å². The Bertz CT molecular complexity index is 419. The molecule has 0 aromatic carbocycles. The van der Waals surface area contributed by atoms with Crippen LogP contribution in [0.5, 0.6) is 0 Å². The zero-order chi connectivity index (χ0) is 13.0. The number of fused-ring (bicyclic) bond motifs is 2. The summed E-state index contributed by atoms with van der Waals surface area (Å²) in [6.07, 6.45) is 4.80. The Labute approximate surface area is 106 Å². The third-order valence-electron chi connectivity index (χ3n) is 6.32. The van der Waals surface area contributed by atoms with Gasteiger partial charge in [-0.3, -0.25) is 0 Å². The summed E-state index contributed by atoms with van der Waals surface area (Å²) in [6, 6.07) is 0. The molecule has 2 aliphatic heterocycles. The molecular formula is C13H21NO4. The van der Waals surface area contributed by atoms with Crippen LogP contribution in [0.2, 0.25) is 0 Å². The highest BCUT2D eigenvalue weighted by molar-refractivity contribution is 5.31. The molecule has 0 aromatic rings. The maximum atomic E-state index is 10.5. The Morgan fingerprint density at radius 3 is 1.94 bits per heavy atom. The smallest absolute Gasteiger partial charge is 0.231 e. The molecule has 0 aromatic heterocycles. The van der Waals surface area contributed by atoms with Crippen LogP contribution in [-0.2, 0) is 0 Å². The van der Waals surface area contributed by atoms with Gasteiger partial charge in [-0.1, -0.05) is 0 Å². The second-order valence-electron chi connectivity index (χ2n) is 7.16. The summed E-state index contributed by atoms with van der Waals surface area (Å²) < 4.78 is 0. The van der Waals surface area contributed by atoms with Gasteiger partial charge in [0.25, 0.3) is 0 Å². The van der Waals surface area contributed by atoms with Crippen molar-refractivity contribution in [3.8, 4) is 0 Å². The molecule has 1 unspecified atom stereocenters. The second kappa shape index (κ2) is 2.65. The standard InChI is InChI=1S/C13H21NO4/c1-9(15,16)12-8-11(4-5-11)13(17,18)14(12)7-6-10(12)2-3-10/h15-18H,2-8H2,1H3. The van der Waals surface area contributed by atoms with Crippen molar-refractivity contribution in [3.05, 3.63) is 0 Å². The SMILES string of the molecule is CC(O)(O)C12CC3(CC3)C(O)(O)N1CCC21CC1. The summed E-state index contributed by atoms with van der Waals surface area (Å²) in [5, 5.41) is 41.7. The molecule has 5 nitrogen and oxygen atoms in total. The van der Waals surface area contributed by atoms with Gasteiger partial charge in [-0.25, -0.2) is 4.90 Å². The molecule has 1 atom stereocenters. The first-order valence-electron chi connectivity index (χ1n) is 6.88. The molecule has 2 saturated heterocycles. The second-order valence-corrected chi connectivity index (χ2v) is 7.16. The van der Waals surface area contributed by atoms with Crippen LogP contribution in [0.1, 0.15) is 45.4 Å². The highest BCUT2D eigenvalue weighted by Crippen LogP contribution is 2.77. The van der Waals surface area contributed by atoms with Crippen molar-refractivity contribution in [3.63, 3.8) is 0 Å². The monoisotopic (exact) mass is 255 g/mol. The number of nitrogens with zero attached hydrogens (tertiary/aromatic N) is 1. The fourth-order valence-electron chi connectivity index (χ4n) is 5.01. The van der Waals surface area contributed by atoms with Crippen molar-refractivity contribution in [2.75, 3.05) is 6.54 Å². The molecular weight excluding hydrogens is 234 g/mol. The first kappa shape index (κ1) is 11.6. The van der Waals surface area contributed by atoms with E-state index in [9.17, 15) is 20.4 Å². The predicted octanol–water partition coefficient (Wildman–Crippen LogP) is -0.266. The topological polar surface area (TPSA) is 84.2 Å². The third kappa shape index (κ3) is 0.936. The minimum atomic E-state index is -1.89. The number of aliphatic hydroxyl groups is 4. The quantitative estimate of drug-likeness (QED) is 0.485. The van der Waals surface area contributed by atoms with E-state index >= 15 is 0 Å². The van der Waals surface area contributed by atoms with E-state index in [0.29, 0.717) is 13.0 Å². The minimum Gasteiger partial charge on any atom is -0.364 e. The Kier molecular flexibility index (Phi) is 1.71. The van der Waals surface area contributed by atoms with Crippen molar-refractivity contribution in [1.29, 1.82) is 0 Å². The predicted molar refractivity (Wildman–Crippen MR) is 62.0 cm³/mol. The molecule has 2 heterocycles. The zero-order valence-electron chi connectivity index (χ0n) is 10.7. The van der Waals surface area contributed by atoms with Gasteiger partial charge in [-0.2, -0.15) is 0 Å². The van der Waals surface area contributed by atoms with E-state index in [1.165, 1.54) is 6.92 Å². The normalized spacial score (nSPS) is 42.5. The average molecular weight is 255 g/mol. The fraction of sp³-hybridized carbons (Fsp3) is 1.00. The lowest BCUT2D eigenvalue weighted by molar-refractivity contribution is -0.318. The van der Waals surface area contributed by atoms with E-state index in [4.69, 9.17) is 0 Å². The van der Waals surface area contributed by atoms with E-state index in [1.807, 2.05) is 0 Å². The highest BCUT2D eigenvalue weighted by atomic mass is 16.5. The zero-order valence-corrected chi connectivity index (χ0v) is 10.7. The average Bonchev–Trinajstić information content (AvgIpc) is 3.04. The third-order valence-corrected chi connectivity index (χ3v) is 6.32. The van der Waals surface area contributed by atoms with Gasteiger partial charge < -0.3 is 20.4 Å². The lowest BCUT2D eigenvalue weighted by Gasteiger charge is -2.46.